The average Bonchev–Trinajstić information content (AvgIpc) is 2.68. The summed E-state index contributed by atoms with van der Waals surface area (Å²) >= 11 is 1.28. The van der Waals surface area contributed by atoms with Crippen LogP contribution in [0.25, 0.3) is 10.1 Å². The van der Waals surface area contributed by atoms with Gasteiger partial charge in [0, 0.05) is 17.3 Å². The lowest BCUT2D eigenvalue weighted by atomic mass is 10.2. The molecule has 3 N–H and O–H groups in total. The molecule has 0 spiro atoms. The summed E-state index contributed by atoms with van der Waals surface area (Å²) < 4.78 is 13.8. The van der Waals surface area contributed by atoms with Gasteiger partial charge in [-0.05, 0) is 30.5 Å². The summed E-state index contributed by atoms with van der Waals surface area (Å²) in [5.41, 5.74) is 5.55. The van der Waals surface area contributed by atoms with Gasteiger partial charge in [0.15, 0.2) is 0 Å². The van der Waals surface area contributed by atoms with E-state index in [1.165, 1.54) is 23.5 Å². The van der Waals surface area contributed by atoms with Gasteiger partial charge in [-0.25, -0.2) is 4.39 Å². The molecule has 1 unspecified atom stereocenters. The number of hydrogen-bond donors (Lipinski definition) is 2. The van der Waals surface area contributed by atoms with Crippen molar-refractivity contribution in [1.29, 1.82) is 0 Å². The van der Waals surface area contributed by atoms with Crippen molar-refractivity contribution in [2.75, 3.05) is 6.54 Å². The third-order valence-corrected chi connectivity index (χ3v) is 3.39. The number of benzene rings is 1. The number of nitrogens with one attached hydrogen (secondary N) is 1. The maximum Gasteiger partial charge on any atom is 0.261 e. The van der Waals surface area contributed by atoms with Crippen LogP contribution in [0.5, 0.6) is 0 Å². The highest BCUT2D eigenvalue weighted by Gasteiger charge is 2.10. The highest BCUT2D eigenvalue weighted by Crippen LogP contribution is 2.26. The zero-order chi connectivity index (χ0) is 12.4. The van der Waals surface area contributed by atoms with E-state index in [2.05, 4.69) is 5.32 Å². The predicted octanol–water partition coefficient (Wildman–Crippen LogP) is 2.12. The van der Waals surface area contributed by atoms with Gasteiger partial charge < -0.3 is 11.1 Å². The minimum atomic E-state index is -0.290. The molecule has 0 saturated carbocycles. The van der Waals surface area contributed by atoms with Crippen LogP contribution >= 0.6 is 11.3 Å². The number of hydrogen-bond acceptors (Lipinski definition) is 3. The van der Waals surface area contributed by atoms with Gasteiger partial charge in [0.2, 0.25) is 0 Å². The Labute approximate surface area is 102 Å². The van der Waals surface area contributed by atoms with Crippen LogP contribution in [0.15, 0.2) is 24.3 Å². The van der Waals surface area contributed by atoms with Gasteiger partial charge in [-0.15, -0.1) is 11.3 Å². The third-order valence-electron chi connectivity index (χ3n) is 2.29. The number of halogens is 1. The van der Waals surface area contributed by atoms with Crippen LogP contribution < -0.4 is 11.1 Å². The predicted molar refractivity (Wildman–Crippen MR) is 67.8 cm³/mol. The number of carbonyl (C=O) groups is 1. The number of fused-ring (bicyclic) bond motifs is 1. The molecule has 1 aromatic heterocycles. The summed E-state index contributed by atoms with van der Waals surface area (Å²) in [5.74, 6) is -0.453. The first-order valence-corrected chi connectivity index (χ1v) is 6.11. The number of nitrogens with two attached hydrogens (primary N) is 1. The second-order valence-corrected chi connectivity index (χ2v) is 5.06. The van der Waals surface area contributed by atoms with Crippen LogP contribution in [0, 0.1) is 5.82 Å². The highest BCUT2D eigenvalue weighted by molar-refractivity contribution is 7.20. The maximum atomic E-state index is 13.0. The average molecular weight is 252 g/mol. The molecule has 0 saturated heterocycles. The van der Waals surface area contributed by atoms with Gasteiger partial charge in [0.05, 0.1) is 4.88 Å². The second-order valence-electron chi connectivity index (χ2n) is 3.98. The molecular formula is C12H13FN2OS. The Morgan fingerprint density at radius 2 is 2.29 bits per heavy atom. The first-order valence-electron chi connectivity index (χ1n) is 5.29. The Morgan fingerprint density at radius 1 is 1.53 bits per heavy atom. The molecule has 1 atom stereocenters. The molecule has 2 aromatic rings. The van der Waals surface area contributed by atoms with Crippen molar-refractivity contribution in [3.05, 3.63) is 35.0 Å². The molecule has 0 radical (unpaired) electrons. The molecule has 0 bridgehead atoms. The topological polar surface area (TPSA) is 55.1 Å². The Hall–Kier alpha value is -1.46. The minimum Gasteiger partial charge on any atom is -0.350 e. The lowest BCUT2D eigenvalue weighted by molar-refractivity contribution is 0.0956. The molecule has 1 heterocycles. The minimum absolute atomic E-state index is 0.0780. The maximum absolute atomic E-state index is 13.0. The zero-order valence-electron chi connectivity index (χ0n) is 9.37. The van der Waals surface area contributed by atoms with Crippen molar-refractivity contribution in [3.63, 3.8) is 0 Å². The SMILES string of the molecule is CC(N)CNC(=O)c1cc2ccc(F)cc2s1. The van der Waals surface area contributed by atoms with E-state index in [1.807, 2.05) is 6.92 Å². The van der Waals surface area contributed by atoms with E-state index in [1.54, 1.807) is 12.1 Å². The molecule has 1 amide bonds. The fourth-order valence-corrected chi connectivity index (χ4v) is 2.46. The second kappa shape index (κ2) is 4.81. The lowest BCUT2D eigenvalue weighted by Crippen LogP contribution is -2.34. The Bertz CT molecular complexity index is 550. The highest BCUT2D eigenvalue weighted by atomic mass is 32.1. The first kappa shape index (κ1) is 12.0. The smallest absolute Gasteiger partial charge is 0.261 e. The molecular weight excluding hydrogens is 239 g/mol. The van der Waals surface area contributed by atoms with Crippen LogP contribution in [0.4, 0.5) is 4.39 Å². The van der Waals surface area contributed by atoms with Gasteiger partial charge in [-0.2, -0.15) is 0 Å². The first-order chi connectivity index (χ1) is 8.06. The van der Waals surface area contributed by atoms with Gasteiger partial charge in [0.25, 0.3) is 5.91 Å². The Balaban J connectivity index is 2.21. The molecule has 0 aliphatic carbocycles. The van der Waals surface area contributed by atoms with E-state index in [4.69, 9.17) is 5.73 Å². The lowest BCUT2D eigenvalue weighted by Gasteiger charge is -2.05. The monoisotopic (exact) mass is 252 g/mol. The van der Waals surface area contributed by atoms with Crippen molar-refractivity contribution in [1.82, 2.24) is 5.32 Å². The van der Waals surface area contributed by atoms with Crippen molar-refractivity contribution >= 4 is 27.3 Å². The Morgan fingerprint density at radius 3 is 3.00 bits per heavy atom. The number of rotatable bonds is 3. The van der Waals surface area contributed by atoms with E-state index in [0.29, 0.717) is 11.4 Å². The summed E-state index contributed by atoms with van der Waals surface area (Å²) in [6.07, 6.45) is 0. The molecule has 0 aliphatic rings. The third kappa shape index (κ3) is 2.81. The number of amides is 1. The van der Waals surface area contributed by atoms with Crippen LogP contribution in [0.1, 0.15) is 16.6 Å². The van der Waals surface area contributed by atoms with E-state index < -0.39 is 0 Å². The molecule has 0 fully saturated rings. The molecule has 17 heavy (non-hydrogen) atoms. The molecule has 2 rings (SSSR count). The van der Waals surface area contributed by atoms with E-state index in [-0.39, 0.29) is 17.8 Å². The number of thiophene rings is 1. The van der Waals surface area contributed by atoms with E-state index >= 15 is 0 Å². The van der Waals surface area contributed by atoms with Gasteiger partial charge in [-0.1, -0.05) is 6.07 Å². The van der Waals surface area contributed by atoms with Crippen molar-refractivity contribution in [3.8, 4) is 0 Å². The van der Waals surface area contributed by atoms with Crippen LogP contribution in [-0.4, -0.2) is 18.5 Å². The van der Waals surface area contributed by atoms with Crippen LogP contribution in [0.3, 0.4) is 0 Å². The van der Waals surface area contributed by atoms with Crippen LogP contribution in [-0.2, 0) is 0 Å². The van der Waals surface area contributed by atoms with Crippen molar-refractivity contribution in [2.45, 2.75) is 13.0 Å². The summed E-state index contributed by atoms with van der Waals surface area (Å²) in [7, 11) is 0. The van der Waals surface area contributed by atoms with Gasteiger partial charge in [0.1, 0.15) is 5.82 Å². The fraction of sp³-hybridized carbons (Fsp3) is 0.250. The van der Waals surface area contributed by atoms with E-state index in [9.17, 15) is 9.18 Å². The fourth-order valence-electron chi connectivity index (χ4n) is 1.46. The summed E-state index contributed by atoms with van der Waals surface area (Å²) in [6, 6.07) is 6.17. The van der Waals surface area contributed by atoms with Gasteiger partial charge in [-0.3, -0.25) is 4.79 Å². The normalized spacial score (nSPS) is 12.6. The molecule has 90 valence electrons. The van der Waals surface area contributed by atoms with Crippen molar-refractivity contribution in [2.24, 2.45) is 5.73 Å². The Kier molecular flexibility index (Phi) is 3.40. The standard InChI is InChI=1S/C12H13FN2OS/c1-7(14)6-15-12(16)11-4-8-2-3-9(13)5-10(8)17-11/h2-5,7H,6,14H2,1H3,(H,15,16). The molecule has 3 nitrogen and oxygen atoms in total. The quantitative estimate of drug-likeness (QED) is 0.879. The zero-order valence-corrected chi connectivity index (χ0v) is 10.2. The molecule has 5 heteroatoms. The molecule has 1 aromatic carbocycles. The van der Waals surface area contributed by atoms with Crippen LogP contribution in [0.2, 0.25) is 0 Å². The van der Waals surface area contributed by atoms with Gasteiger partial charge >= 0.3 is 0 Å². The summed E-state index contributed by atoms with van der Waals surface area (Å²) in [4.78, 5) is 12.3. The van der Waals surface area contributed by atoms with E-state index in [0.717, 1.165) is 10.1 Å². The largest absolute Gasteiger partial charge is 0.350 e. The molecule has 0 aliphatic heterocycles. The summed E-state index contributed by atoms with van der Waals surface area (Å²) in [5, 5.41) is 3.60. The summed E-state index contributed by atoms with van der Waals surface area (Å²) in [6.45, 7) is 2.25. The van der Waals surface area contributed by atoms with Crippen molar-refractivity contribution < 1.29 is 9.18 Å². The number of carbonyl (C=O) groups excluding carboxylic acids is 1.